The second-order valence-electron chi connectivity index (χ2n) is 6.12. The predicted molar refractivity (Wildman–Crippen MR) is 110 cm³/mol. The van der Waals surface area contributed by atoms with Gasteiger partial charge in [-0.05, 0) is 42.7 Å². The van der Waals surface area contributed by atoms with Crippen LogP contribution in [0.2, 0.25) is 10.0 Å². The first kappa shape index (κ1) is 21.9. The number of ketones is 1. The van der Waals surface area contributed by atoms with Crippen LogP contribution in [0.4, 0.5) is 5.69 Å². The SMILES string of the molecule is CCc1ccccc1NC(=O)CCCC(=O)OCC(=O)c1ccc(Cl)cc1Cl. The minimum Gasteiger partial charge on any atom is -0.457 e. The van der Waals surface area contributed by atoms with Gasteiger partial charge in [-0.25, -0.2) is 0 Å². The number of rotatable bonds is 9. The molecule has 148 valence electrons. The highest BCUT2D eigenvalue weighted by Gasteiger charge is 2.14. The topological polar surface area (TPSA) is 72.5 Å². The van der Waals surface area contributed by atoms with Crippen molar-refractivity contribution in [3.8, 4) is 0 Å². The van der Waals surface area contributed by atoms with E-state index in [9.17, 15) is 14.4 Å². The van der Waals surface area contributed by atoms with Crippen molar-refractivity contribution in [3.63, 3.8) is 0 Å². The number of Topliss-reactive ketones (excluding diaryl/α,β-unsaturated/α-hetero) is 1. The summed E-state index contributed by atoms with van der Waals surface area (Å²) < 4.78 is 4.97. The fourth-order valence-corrected chi connectivity index (χ4v) is 3.08. The number of esters is 1. The summed E-state index contributed by atoms with van der Waals surface area (Å²) in [7, 11) is 0. The molecule has 0 aliphatic carbocycles. The van der Waals surface area contributed by atoms with Crippen molar-refractivity contribution in [2.75, 3.05) is 11.9 Å². The first-order valence-corrected chi connectivity index (χ1v) is 9.68. The van der Waals surface area contributed by atoms with Crippen LogP contribution in [0.5, 0.6) is 0 Å². The van der Waals surface area contributed by atoms with Gasteiger partial charge >= 0.3 is 5.97 Å². The number of nitrogens with one attached hydrogen (secondary N) is 1. The minimum absolute atomic E-state index is 0.0461. The highest BCUT2D eigenvalue weighted by atomic mass is 35.5. The summed E-state index contributed by atoms with van der Waals surface area (Å²) in [6, 6.07) is 12.1. The average Bonchev–Trinajstić information content (AvgIpc) is 2.66. The fourth-order valence-electron chi connectivity index (χ4n) is 2.57. The number of hydrogen-bond acceptors (Lipinski definition) is 4. The number of hydrogen-bond donors (Lipinski definition) is 1. The Labute approximate surface area is 174 Å². The zero-order valence-corrected chi connectivity index (χ0v) is 17.0. The van der Waals surface area contributed by atoms with Crippen LogP contribution in [-0.4, -0.2) is 24.3 Å². The van der Waals surface area contributed by atoms with E-state index in [1.54, 1.807) is 0 Å². The molecule has 0 saturated carbocycles. The van der Waals surface area contributed by atoms with Gasteiger partial charge in [0.1, 0.15) is 0 Å². The minimum atomic E-state index is -0.541. The van der Waals surface area contributed by atoms with E-state index in [0.29, 0.717) is 11.4 Å². The Morgan fingerprint density at radius 1 is 1.04 bits per heavy atom. The van der Waals surface area contributed by atoms with Crippen LogP contribution in [0.3, 0.4) is 0 Å². The van der Waals surface area contributed by atoms with E-state index in [1.807, 2.05) is 31.2 Å². The third kappa shape index (κ3) is 6.66. The Morgan fingerprint density at radius 3 is 2.50 bits per heavy atom. The third-order valence-electron chi connectivity index (χ3n) is 4.05. The van der Waals surface area contributed by atoms with Gasteiger partial charge in [0, 0.05) is 29.1 Å². The Morgan fingerprint density at radius 2 is 1.79 bits per heavy atom. The number of amides is 1. The van der Waals surface area contributed by atoms with Gasteiger partial charge in [-0.2, -0.15) is 0 Å². The number of benzene rings is 2. The molecule has 5 nitrogen and oxygen atoms in total. The van der Waals surface area contributed by atoms with E-state index in [2.05, 4.69) is 5.32 Å². The molecule has 7 heteroatoms. The van der Waals surface area contributed by atoms with Crippen molar-refractivity contribution in [1.29, 1.82) is 0 Å². The second kappa shape index (κ2) is 10.8. The molecule has 2 rings (SSSR count). The summed E-state index contributed by atoms with van der Waals surface area (Å²) in [5.41, 5.74) is 2.07. The van der Waals surface area contributed by atoms with Crippen LogP contribution in [0.25, 0.3) is 0 Å². The van der Waals surface area contributed by atoms with Crippen LogP contribution in [-0.2, 0) is 20.7 Å². The van der Waals surface area contributed by atoms with E-state index in [0.717, 1.165) is 17.7 Å². The van der Waals surface area contributed by atoms with Gasteiger partial charge in [-0.3, -0.25) is 14.4 Å². The highest BCUT2D eigenvalue weighted by molar-refractivity contribution is 6.36. The van der Waals surface area contributed by atoms with Crippen molar-refractivity contribution in [2.24, 2.45) is 0 Å². The number of para-hydroxylation sites is 1. The molecule has 2 aromatic rings. The zero-order valence-electron chi connectivity index (χ0n) is 15.5. The Balaban J connectivity index is 1.72. The number of carbonyl (C=O) groups excluding carboxylic acids is 3. The first-order valence-electron chi connectivity index (χ1n) is 8.92. The molecule has 0 atom stereocenters. The molecule has 0 fully saturated rings. The summed E-state index contributed by atoms with van der Waals surface area (Å²) in [5, 5.41) is 3.47. The van der Waals surface area contributed by atoms with Gasteiger partial charge < -0.3 is 10.1 Å². The van der Waals surface area contributed by atoms with Crippen molar-refractivity contribution in [1.82, 2.24) is 0 Å². The van der Waals surface area contributed by atoms with Gasteiger partial charge in [-0.15, -0.1) is 0 Å². The third-order valence-corrected chi connectivity index (χ3v) is 4.60. The fraction of sp³-hybridized carbons (Fsp3) is 0.286. The molecule has 0 radical (unpaired) electrons. The molecule has 0 bridgehead atoms. The molecule has 1 N–H and O–H groups in total. The lowest BCUT2D eigenvalue weighted by atomic mass is 10.1. The summed E-state index contributed by atoms with van der Waals surface area (Å²) in [4.78, 5) is 35.9. The lowest BCUT2D eigenvalue weighted by molar-refractivity contribution is -0.142. The number of halogens is 2. The van der Waals surface area contributed by atoms with Crippen LogP contribution in [0.15, 0.2) is 42.5 Å². The highest BCUT2D eigenvalue weighted by Crippen LogP contribution is 2.21. The maximum Gasteiger partial charge on any atom is 0.306 e. The first-order chi connectivity index (χ1) is 13.4. The molecule has 0 aliphatic heterocycles. The summed E-state index contributed by atoms with van der Waals surface area (Å²) in [6.45, 7) is 1.61. The standard InChI is InChI=1S/C21H21Cl2NO4/c1-2-14-6-3-4-7-18(14)24-20(26)8-5-9-21(27)28-13-19(25)16-11-10-15(22)12-17(16)23/h3-4,6-7,10-12H,2,5,8-9,13H2,1H3,(H,24,26). The number of aryl methyl sites for hydroxylation is 1. The van der Waals surface area contributed by atoms with Crippen LogP contribution in [0, 0.1) is 0 Å². The van der Waals surface area contributed by atoms with E-state index in [4.69, 9.17) is 27.9 Å². The number of anilines is 1. The predicted octanol–water partition coefficient (Wildman–Crippen LogP) is 5.09. The van der Waals surface area contributed by atoms with Gasteiger partial charge in [0.05, 0.1) is 5.02 Å². The molecule has 0 unspecified atom stereocenters. The average molecular weight is 422 g/mol. The molecule has 1 amide bonds. The van der Waals surface area contributed by atoms with Gasteiger partial charge in [0.25, 0.3) is 0 Å². The quantitative estimate of drug-likeness (QED) is 0.451. The lowest BCUT2D eigenvalue weighted by Crippen LogP contribution is -2.16. The molecule has 28 heavy (non-hydrogen) atoms. The molecule has 0 aliphatic rings. The van der Waals surface area contributed by atoms with Crippen molar-refractivity contribution < 1.29 is 19.1 Å². The van der Waals surface area contributed by atoms with Crippen LogP contribution in [0.1, 0.15) is 42.1 Å². The van der Waals surface area contributed by atoms with Crippen LogP contribution < -0.4 is 5.32 Å². The monoisotopic (exact) mass is 421 g/mol. The molecular weight excluding hydrogens is 401 g/mol. The molecule has 2 aromatic carbocycles. The molecular formula is C21H21Cl2NO4. The summed E-state index contributed by atoms with van der Waals surface area (Å²) in [6.07, 6.45) is 1.37. The maximum absolute atomic E-state index is 12.1. The smallest absolute Gasteiger partial charge is 0.306 e. The van der Waals surface area contributed by atoms with Gasteiger partial charge in [-0.1, -0.05) is 48.3 Å². The van der Waals surface area contributed by atoms with E-state index in [1.165, 1.54) is 18.2 Å². The Kier molecular flexibility index (Phi) is 8.48. The van der Waals surface area contributed by atoms with Crippen molar-refractivity contribution in [3.05, 3.63) is 63.6 Å². The molecule has 0 heterocycles. The Bertz CT molecular complexity index is 867. The molecule has 0 saturated heterocycles. The maximum atomic E-state index is 12.1. The van der Waals surface area contributed by atoms with Crippen LogP contribution >= 0.6 is 23.2 Å². The Hall–Kier alpha value is -2.37. The number of ether oxygens (including phenoxy) is 1. The molecule has 0 aromatic heterocycles. The van der Waals surface area contributed by atoms with Gasteiger partial charge in [0.15, 0.2) is 6.61 Å². The van der Waals surface area contributed by atoms with Crippen molar-refractivity contribution in [2.45, 2.75) is 32.6 Å². The zero-order chi connectivity index (χ0) is 20.5. The summed E-state index contributed by atoms with van der Waals surface area (Å²) >= 11 is 11.7. The summed E-state index contributed by atoms with van der Waals surface area (Å²) in [5.74, 6) is -1.12. The molecule has 0 spiro atoms. The van der Waals surface area contributed by atoms with Gasteiger partial charge in [0.2, 0.25) is 11.7 Å². The largest absolute Gasteiger partial charge is 0.457 e. The van der Waals surface area contributed by atoms with E-state index < -0.39 is 18.4 Å². The number of carbonyl (C=O) groups is 3. The van der Waals surface area contributed by atoms with E-state index in [-0.39, 0.29) is 29.3 Å². The second-order valence-corrected chi connectivity index (χ2v) is 6.96. The lowest BCUT2D eigenvalue weighted by Gasteiger charge is -2.09. The van der Waals surface area contributed by atoms with Crippen molar-refractivity contribution >= 4 is 46.5 Å². The normalized spacial score (nSPS) is 10.4. The van der Waals surface area contributed by atoms with E-state index >= 15 is 0 Å².